The maximum atomic E-state index is 12.6. The largest absolute Gasteiger partial charge is 0.268 e. The lowest BCUT2D eigenvalue weighted by molar-refractivity contribution is 0.0954. The standard InChI is InChI=1S/C17H20N2O3S/c1-13(2)18-16-6-4-5-11-19(16)17(20)15-9-7-14(8-10-15)12-23(3,21)22/h4-11,13H,12H2,1-3H3. The lowest BCUT2D eigenvalue weighted by Gasteiger charge is -2.08. The van der Waals surface area contributed by atoms with Gasteiger partial charge in [-0.15, -0.1) is 0 Å². The molecule has 122 valence electrons. The first-order valence-corrected chi connectivity index (χ1v) is 9.35. The summed E-state index contributed by atoms with van der Waals surface area (Å²) in [6, 6.07) is 12.1. The molecule has 1 heterocycles. The van der Waals surface area contributed by atoms with Crippen molar-refractivity contribution in [3.63, 3.8) is 0 Å². The van der Waals surface area contributed by atoms with Crippen molar-refractivity contribution in [1.29, 1.82) is 0 Å². The number of hydrogen-bond acceptors (Lipinski definition) is 4. The molecule has 0 bridgehead atoms. The fraction of sp³-hybridized carbons (Fsp3) is 0.294. The molecular formula is C17H20N2O3S. The summed E-state index contributed by atoms with van der Waals surface area (Å²) < 4.78 is 24.1. The Morgan fingerprint density at radius 3 is 2.35 bits per heavy atom. The van der Waals surface area contributed by atoms with Gasteiger partial charge in [0.05, 0.1) is 5.75 Å². The van der Waals surface area contributed by atoms with E-state index >= 15 is 0 Å². The summed E-state index contributed by atoms with van der Waals surface area (Å²) in [7, 11) is -3.09. The van der Waals surface area contributed by atoms with Gasteiger partial charge in [-0.1, -0.05) is 18.2 Å². The smallest absolute Gasteiger partial charge is 0.263 e. The van der Waals surface area contributed by atoms with Crippen molar-refractivity contribution in [1.82, 2.24) is 4.57 Å². The first kappa shape index (κ1) is 17.1. The van der Waals surface area contributed by atoms with Crippen LogP contribution in [-0.4, -0.2) is 31.2 Å². The Kier molecular flexibility index (Phi) is 5.15. The predicted octanol–water partition coefficient (Wildman–Crippen LogP) is 2.03. The molecule has 0 amide bonds. The van der Waals surface area contributed by atoms with Crippen LogP contribution >= 0.6 is 0 Å². The lowest BCUT2D eigenvalue weighted by Crippen LogP contribution is -2.28. The van der Waals surface area contributed by atoms with Crippen molar-refractivity contribution in [2.45, 2.75) is 25.6 Å². The molecule has 23 heavy (non-hydrogen) atoms. The number of carbonyl (C=O) groups is 1. The van der Waals surface area contributed by atoms with Crippen molar-refractivity contribution in [2.24, 2.45) is 4.99 Å². The molecule has 2 rings (SSSR count). The van der Waals surface area contributed by atoms with Gasteiger partial charge in [0.2, 0.25) is 0 Å². The monoisotopic (exact) mass is 332 g/mol. The van der Waals surface area contributed by atoms with E-state index in [9.17, 15) is 13.2 Å². The highest BCUT2D eigenvalue weighted by atomic mass is 32.2. The van der Waals surface area contributed by atoms with E-state index in [1.807, 2.05) is 19.9 Å². The Morgan fingerprint density at radius 2 is 1.78 bits per heavy atom. The van der Waals surface area contributed by atoms with Gasteiger partial charge >= 0.3 is 0 Å². The Morgan fingerprint density at radius 1 is 1.13 bits per heavy atom. The number of aromatic nitrogens is 1. The van der Waals surface area contributed by atoms with Crippen LogP contribution in [0.3, 0.4) is 0 Å². The second-order valence-corrected chi connectivity index (χ2v) is 7.86. The van der Waals surface area contributed by atoms with Gasteiger partial charge < -0.3 is 0 Å². The molecule has 0 saturated heterocycles. The van der Waals surface area contributed by atoms with Crippen LogP contribution < -0.4 is 5.49 Å². The van der Waals surface area contributed by atoms with Gasteiger partial charge in [0, 0.05) is 24.1 Å². The lowest BCUT2D eigenvalue weighted by atomic mass is 10.1. The zero-order valence-electron chi connectivity index (χ0n) is 13.4. The van der Waals surface area contributed by atoms with Crippen LogP contribution in [0.5, 0.6) is 0 Å². The molecule has 2 aromatic rings. The van der Waals surface area contributed by atoms with Crippen LogP contribution in [0.15, 0.2) is 53.7 Å². The third kappa shape index (κ3) is 4.89. The third-order valence-corrected chi connectivity index (χ3v) is 3.94. The van der Waals surface area contributed by atoms with E-state index in [2.05, 4.69) is 4.99 Å². The summed E-state index contributed by atoms with van der Waals surface area (Å²) in [6.07, 6.45) is 2.86. The van der Waals surface area contributed by atoms with Crippen LogP contribution in [-0.2, 0) is 15.6 Å². The van der Waals surface area contributed by atoms with Crippen molar-refractivity contribution in [3.05, 3.63) is 65.3 Å². The molecule has 0 aliphatic rings. The Labute approximate surface area is 136 Å². The van der Waals surface area contributed by atoms with E-state index in [0.717, 1.165) is 0 Å². The molecule has 0 fully saturated rings. The van der Waals surface area contributed by atoms with Gasteiger partial charge in [0.25, 0.3) is 5.91 Å². The second kappa shape index (κ2) is 6.91. The van der Waals surface area contributed by atoms with E-state index < -0.39 is 9.84 Å². The van der Waals surface area contributed by atoms with Crippen LogP contribution in [0.2, 0.25) is 0 Å². The average Bonchev–Trinajstić information content (AvgIpc) is 2.45. The van der Waals surface area contributed by atoms with Gasteiger partial charge in [-0.3, -0.25) is 14.4 Å². The first-order chi connectivity index (χ1) is 10.8. The van der Waals surface area contributed by atoms with Gasteiger partial charge in [-0.05, 0) is 43.7 Å². The number of nitrogens with zero attached hydrogens (tertiary/aromatic N) is 2. The SMILES string of the molecule is CC(C)N=c1ccccn1C(=O)c1ccc(CS(C)(=O)=O)cc1. The fourth-order valence-corrected chi connectivity index (χ4v) is 2.96. The molecule has 0 atom stereocenters. The van der Waals surface area contributed by atoms with Crippen LogP contribution in [0.4, 0.5) is 0 Å². The van der Waals surface area contributed by atoms with Gasteiger partial charge in [0.1, 0.15) is 5.49 Å². The number of benzene rings is 1. The van der Waals surface area contributed by atoms with Crippen LogP contribution in [0.25, 0.3) is 0 Å². The minimum absolute atomic E-state index is 0.0338. The molecule has 0 saturated carbocycles. The summed E-state index contributed by atoms with van der Waals surface area (Å²) >= 11 is 0. The van der Waals surface area contributed by atoms with Crippen molar-refractivity contribution in [3.8, 4) is 0 Å². The molecule has 0 radical (unpaired) electrons. The van der Waals surface area contributed by atoms with E-state index in [4.69, 9.17) is 0 Å². The number of hydrogen-bond donors (Lipinski definition) is 0. The van der Waals surface area contributed by atoms with Crippen molar-refractivity contribution in [2.75, 3.05) is 6.26 Å². The highest BCUT2D eigenvalue weighted by Crippen LogP contribution is 2.09. The maximum Gasteiger partial charge on any atom is 0.263 e. The molecule has 0 spiro atoms. The first-order valence-electron chi connectivity index (χ1n) is 7.29. The van der Waals surface area contributed by atoms with E-state index in [1.54, 1.807) is 42.6 Å². The van der Waals surface area contributed by atoms with Gasteiger partial charge in [0.15, 0.2) is 9.84 Å². The highest BCUT2D eigenvalue weighted by molar-refractivity contribution is 7.89. The van der Waals surface area contributed by atoms with E-state index in [0.29, 0.717) is 16.6 Å². The topological polar surface area (TPSA) is 68.5 Å². The average molecular weight is 332 g/mol. The zero-order valence-corrected chi connectivity index (χ0v) is 14.2. The molecule has 1 aromatic heterocycles. The zero-order chi connectivity index (χ0) is 17.0. The van der Waals surface area contributed by atoms with Gasteiger partial charge in [-0.25, -0.2) is 8.42 Å². The molecule has 0 N–H and O–H groups in total. The van der Waals surface area contributed by atoms with Gasteiger partial charge in [-0.2, -0.15) is 0 Å². The minimum Gasteiger partial charge on any atom is -0.268 e. The summed E-state index contributed by atoms with van der Waals surface area (Å²) in [6.45, 7) is 3.89. The molecule has 0 aliphatic carbocycles. The molecular weight excluding hydrogens is 312 g/mol. The van der Waals surface area contributed by atoms with Crippen molar-refractivity contribution < 1.29 is 13.2 Å². The number of sulfone groups is 1. The molecule has 1 aromatic carbocycles. The highest BCUT2D eigenvalue weighted by Gasteiger charge is 2.10. The Hall–Kier alpha value is -2.21. The molecule has 6 heteroatoms. The Balaban J connectivity index is 2.35. The quantitative estimate of drug-likeness (QED) is 0.860. The summed E-state index contributed by atoms with van der Waals surface area (Å²) in [5.41, 5.74) is 1.74. The maximum absolute atomic E-state index is 12.6. The summed E-state index contributed by atoms with van der Waals surface area (Å²) in [5, 5.41) is 0. The predicted molar refractivity (Wildman–Crippen MR) is 89.8 cm³/mol. The Bertz CT molecular complexity index is 863. The molecule has 0 unspecified atom stereocenters. The molecule has 5 nitrogen and oxygen atoms in total. The van der Waals surface area contributed by atoms with Crippen LogP contribution in [0.1, 0.15) is 29.8 Å². The van der Waals surface area contributed by atoms with Crippen LogP contribution in [0, 0.1) is 0 Å². The number of carbonyl (C=O) groups excluding carboxylic acids is 1. The normalized spacial score (nSPS) is 12.6. The minimum atomic E-state index is -3.09. The van der Waals surface area contributed by atoms with E-state index in [-0.39, 0.29) is 17.7 Å². The number of rotatable bonds is 4. The summed E-state index contributed by atoms with van der Waals surface area (Å²) in [5.74, 6) is -0.232. The van der Waals surface area contributed by atoms with E-state index in [1.165, 1.54) is 10.8 Å². The second-order valence-electron chi connectivity index (χ2n) is 5.72. The fourth-order valence-electron chi connectivity index (χ4n) is 2.16. The number of pyridine rings is 1. The molecule has 0 aliphatic heterocycles. The third-order valence-electron chi connectivity index (χ3n) is 3.08. The van der Waals surface area contributed by atoms with Crippen molar-refractivity contribution >= 4 is 15.7 Å². The summed E-state index contributed by atoms with van der Waals surface area (Å²) in [4.78, 5) is 17.1.